The van der Waals surface area contributed by atoms with Crippen molar-refractivity contribution in [1.82, 2.24) is 4.72 Å². The zero-order valence-corrected chi connectivity index (χ0v) is 15.6. The molecule has 0 spiro atoms. The van der Waals surface area contributed by atoms with E-state index in [4.69, 9.17) is 16.7 Å². The van der Waals surface area contributed by atoms with Gasteiger partial charge in [0.1, 0.15) is 0 Å². The van der Waals surface area contributed by atoms with Crippen LogP contribution in [0, 0.1) is 6.92 Å². The van der Waals surface area contributed by atoms with Gasteiger partial charge in [-0.3, -0.25) is 4.79 Å². The molecule has 12 heteroatoms. The third-order valence-electron chi connectivity index (χ3n) is 3.50. The summed E-state index contributed by atoms with van der Waals surface area (Å²) in [6.45, 7) is 2.54. The molecule has 0 saturated carbocycles. The fourth-order valence-electron chi connectivity index (χ4n) is 1.79. The van der Waals surface area contributed by atoms with E-state index < -0.39 is 40.4 Å². The van der Waals surface area contributed by atoms with E-state index in [0.717, 1.165) is 12.1 Å². The van der Waals surface area contributed by atoms with Gasteiger partial charge in [0.2, 0.25) is 15.6 Å². The summed E-state index contributed by atoms with van der Waals surface area (Å²) >= 11 is 5.96. The number of sulfonamides is 1. The number of alkyl halides is 3. The second-order valence-electron chi connectivity index (χ2n) is 5.78. The van der Waals surface area contributed by atoms with Crippen molar-refractivity contribution in [3.8, 4) is 0 Å². The molecule has 0 heterocycles. The number of hydrogen-bond acceptors (Lipinski definition) is 5. The van der Waals surface area contributed by atoms with Gasteiger partial charge in [-0.1, -0.05) is 11.6 Å². The topological polar surface area (TPSA) is 116 Å². The van der Waals surface area contributed by atoms with E-state index >= 15 is 0 Å². The summed E-state index contributed by atoms with van der Waals surface area (Å²) < 4.78 is 64.7. The molecule has 1 aromatic rings. The van der Waals surface area contributed by atoms with Crippen LogP contribution in [0.3, 0.4) is 0 Å². The summed E-state index contributed by atoms with van der Waals surface area (Å²) in [5, 5.41) is 19.8. The van der Waals surface area contributed by atoms with Gasteiger partial charge >= 0.3 is 6.18 Å². The summed E-state index contributed by atoms with van der Waals surface area (Å²) in [6.07, 6.45) is -5.22. The molecule has 0 aliphatic rings. The lowest BCUT2D eigenvalue weighted by Crippen LogP contribution is -2.52. The third kappa shape index (κ3) is 4.65. The molecule has 4 N–H and O–H groups in total. The molecular weight excluding hydrogens is 401 g/mol. The number of benzene rings is 1. The zero-order valence-electron chi connectivity index (χ0n) is 14.0. The first-order chi connectivity index (χ1) is 11.6. The highest BCUT2D eigenvalue weighted by atomic mass is 35.5. The highest BCUT2D eigenvalue weighted by molar-refractivity contribution is 7.89. The number of rotatable bonds is 6. The summed E-state index contributed by atoms with van der Waals surface area (Å²) in [6, 6.07) is 1.25. The molecule has 148 valence electrons. The van der Waals surface area contributed by atoms with E-state index in [2.05, 4.69) is 4.72 Å². The van der Waals surface area contributed by atoms with E-state index in [-0.39, 0.29) is 28.1 Å². The fourth-order valence-corrected chi connectivity index (χ4v) is 3.55. The van der Waals surface area contributed by atoms with Crippen LogP contribution in [0.1, 0.15) is 19.4 Å². The van der Waals surface area contributed by atoms with Crippen molar-refractivity contribution in [1.29, 1.82) is 0 Å². The van der Waals surface area contributed by atoms with Gasteiger partial charge in [-0.2, -0.15) is 13.2 Å². The molecule has 0 aliphatic heterocycles. The highest BCUT2D eigenvalue weighted by Crippen LogP contribution is 2.34. The number of carbonyl (C=O) groups is 1. The quantitative estimate of drug-likeness (QED) is 0.559. The summed E-state index contributed by atoms with van der Waals surface area (Å²) in [7, 11) is -4.06. The molecule has 0 bridgehead atoms. The second-order valence-corrected chi connectivity index (χ2v) is 7.84. The van der Waals surface area contributed by atoms with Crippen LogP contribution in [0.25, 0.3) is 0 Å². The largest absolute Gasteiger partial charge is 0.426 e. The minimum absolute atomic E-state index is 0.0336. The first-order valence-electron chi connectivity index (χ1n) is 7.18. The van der Waals surface area contributed by atoms with Gasteiger partial charge < -0.3 is 15.5 Å². The minimum atomic E-state index is -5.22. The van der Waals surface area contributed by atoms with Crippen LogP contribution in [0.4, 0.5) is 18.9 Å². The maximum absolute atomic E-state index is 12.7. The lowest BCUT2D eigenvalue weighted by Gasteiger charge is -2.25. The van der Waals surface area contributed by atoms with Crippen molar-refractivity contribution in [3.63, 3.8) is 0 Å². The van der Waals surface area contributed by atoms with E-state index in [9.17, 15) is 31.5 Å². The van der Waals surface area contributed by atoms with Gasteiger partial charge in [0, 0.05) is 6.04 Å². The lowest BCUT2D eigenvalue weighted by atomic mass is 10.1. The van der Waals surface area contributed by atoms with Crippen LogP contribution in [0.2, 0.25) is 5.02 Å². The van der Waals surface area contributed by atoms with E-state index in [1.165, 1.54) is 13.8 Å². The third-order valence-corrected chi connectivity index (χ3v) is 5.72. The number of aliphatic hydroxyl groups is 2. The summed E-state index contributed by atoms with van der Waals surface area (Å²) in [4.78, 5) is 11.4. The van der Waals surface area contributed by atoms with Crippen molar-refractivity contribution >= 4 is 33.2 Å². The number of aliphatic hydroxyl groups excluding tert-OH is 1. The van der Waals surface area contributed by atoms with Crippen LogP contribution in [-0.2, 0) is 14.8 Å². The molecule has 0 aliphatic carbocycles. The minimum Gasteiger partial charge on any atom is -0.395 e. The Morgan fingerprint density at radius 1 is 1.35 bits per heavy atom. The van der Waals surface area contributed by atoms with Gasteiger partial charge in [0.25, 0.3) is 5.91 Å². The van der Waals surface area contributed by atoms with Gasteiger partial charge in [-0.05, 0) is 38.5 Å². The van der Waals surface area contributed by atoms with Crippen molar-refractivity contribution < 1.29 is 36.6 Å². The van der Waals surface area contributed by atoms with Gasteiger partial charge in [0.05, 0.1) is 22.2 Å². The van der Waals surface area contributed by atoms with E-state index in [1.807, 2.05) is 5.32 Å². The molecule has 0 fully saturated rings. The molecular formula is C14H18ClF3N2O5S. The number of anilines is 1. The Kier molecular flexibility index (Phi) is 6.69. The number of nitrogens with one attached hydrogen (secondary N) is 2. The number of amides is 1. The molecule has 1 rings (SSSR count). The second kappa shape index (κ2) is 7.69. The molecule has 26 heavy (non-hydrogen) atoms. The highest BCUT2D eigenvalue weighted by Gasteiger charge is 2.55. The number of halogens is 4. The number of carbonyl (C=O) groups excluding carboxylic acids is 1. The first-order valence-corrected chi connectivity index (χ1v) is 9.04. The Balaban J connectivity index is 3.22. The van der Waals surface area contributed by atoms with Crippen molar-refractivity contribution in [2.45, 2.75) is 43.5 Å². The average Bonchev–Trinajstić information content (AvgIpc) is 2.49. The average molecular weight is 419 g/mol. The Morgan fingerprint density at radius 3 is 2.35 bits per heavy atom. The fraction of sp³-hybridized carbons (Fsp3) is 0.500. The predicted octanol–water partition coefficient (Wildman–Crippen LogP) is 1.56. The molecule has 0 saturated heterocycles. The van der Waals surface area contributed by atoms with Crippen LogP contribution >= 0.6 is 11.6 Å². The standard InChI is InChI=1S/C14H18ClF3N2O5S/c1-7(6-21)20-26(24,25)10-5-4-9(11(15)8(10)2)19-12(22)13(3,23)14(16,17)18/h4-5,7,20-21,23H,6H2,1-3H3,(H,19,22). The smallest absolute Gasteiger partial charge is 0.395 e. The Bertz CT molecular complexity index is 797. The monoisotopic (exact) mass is 418 g/mol. The summed E-state index contributed by atoms with van der Waals surface area (Å²) in [5.74, 6) is -1.77. The molecule has 2 unspecified atom stereocenters. The van der Waals surface area contributed by atoms with Crippen molar-refractivity contribution in [2.75, 3.05) is 11.9 Å². The molecule has 2 atom stereocenters. The molecule has 1 amide bonds. The molecule has 1 aromatic carbocycles. The van der Waals surface area contributed by atoms with Crippen molar-refractivity contribution in [2.24, 2.45) is 0 Å². The van der Waals surface area contributed by atoms with Crippen LogP contribution in [0.15, 0.2) is 17.0 Å². The Morgan fingerprint density at radius 2 is 1.88 bits per heavy atom. The normalized spacial score (nSPS) is 16.0. The van der Waals surface area contributed by atoms with Crippen LogP contribution in [0.5, 0.6) is 0 Å². The zero-order chi connectivity index (χ0) is 20.5. The summed E-state index contributed by atoms with van der Waals surface area (Å²) in [5.41, 5.74) is -3.99. The maximum Gasteiger partial charge on any atom is 0.426 e. The lowest BCUT2D eigenvalue weighted by molar-refractivity contribution is -0.242. The first kappa shape index (κ1) is 22.6. The van der Waals surface area contributed by atoms with E-state index in [0.29, 0.717) is 0 Å². The molecule has 0 aromatic heterocycles. The Hall–Kier alpha value is -1.40. The van der Waals surface area contributed by atoms with Gasteiger partial charge in [0.15, 0.2) is 0 Å². The van der Waals surface area contributed by atoms with Crippen molar-refractivity contribution in [3.05, 3.63) is 22.7 Å². The van der Waals surface area contributed by atoms with Crippen LogP contribution in [-0.4, -0.2) is 49.0 Å². The SMILES string of the molecule is Cc1c(S(=O)(=O)NC(C)CO)ccc(NC(=O)C(C)(O)C(F)(F)F)c1Cl. The van der Waals surface area contributed by atoms with Gasteiger partial charge in [-0.25, -0.2) is 13.1 Å². The molecule has 0 radical (unpaired) electrons. The molecule has 7 nitrogen and oxygen atoms in total. The Labute approximate surface area is 153 Å². The number of hydrogen-bond donors (Lipinski definition) is 4. The van der Waals surface area contributed by atoms with E-state index in [1.54, 1.807) is 0 Å². The van der Waals surface area contributed by atoms with Crippen LogP contribution < -0.4 is 10.0 Å². The van der Waals surface area contributed by atoms with Gasteiger partial charge in [-0.15, -0.1) is 0 Å². The maximum atomic E-state index is 12.7. The predicted molar refractivity (Wildman–Crippen MR) is 88.4 cm³/mol.